The molecule has 0 saturated carbocycles. The van der Waals surface area contributed by atoms with Crippen LogP contribution in [-0.4, -0.2) is 32.2 Å². The lowest BCUT2D eigenvalue weighted by atomic mass is 10.2. The van der Waals surface area contributed by atoms with Gasteiger partial charge in [-0.15, -0.1) is 0 Å². The number of hydrogen-bond donors (Lipinski definition) is 1. The molecule has 1 aromatic carbocycles. The van der Waals surface area contributed by atoms with Crippen LogP contribution in [0.2, 0.25) is 0 Å². The lowest BCUT2D eigenvalue weighted by Crippen LogP contribution is -2.26. The van der Waals surface area contributed by atoms with Gasteiger partial charge in [0.15, 0.2) is 11.5 Å². The van der Waals surface area contributed by atoms with Gasteiger partial charge in [0.2, 0.25) is 5.91 Å². The minimum atomic E-state index is -0.527. The third-order valence-electron chi connectivity index (χ3n) is 2.79. The molecule has 0 spiro atoms. The van der Waals surface area contributed by atoms with Gasteiger partial charge in [0.25, 0.3) is 0 Å². The van der Waals surface area contributed by atoms with Crippen molar-refractivity contribution in [1.29, 1.82) is 0 Å². The fourth-order valence-electron chi connectivity index (χ4n) is 1.76. The van der Waals surface area contributed by atoms with Crippen molar-refractivity contribution in [2.24, 2.45) is 0 Å². The van der Waals surface area contributed by atoms with E-state index in [0.717, 1.165) is 12.0 Å². The predicted octanol–water partition coefficient (Wildman–Crippen LogP) is 2.05. The zero-order valence-electron chi connectivity index (χ0n) is 13.3. The first-order valence-electron chi connectivity index (χ1n) is 7.32. The SMILES string of the molecule is CCCOc1ccc(CNC(=O)CC(=O)OCC)cc1OC. The first-order valence-corrected chi connectivity index (χ1v) is 7.32. The number of nitrogens with one attached hydrogen (secondary N) is 1. The Bertz CT molecular complexity index is 501. The molecule has 0 aromatic heterocycles. The van der Waals surface area contributed by atoms with Crippen molar-refractivity contribution in [3.8, 4) is 11.5 Å². The lowest BCUT2D eigenvalue weighted by molar-refractivity contribution is -0.146. The van der Waals surface area contributed by atoms with Crippen LogP contribution in [0.4, 0.5) is 0 Å². The van der Waals surface area contributed by atoms with Crippen LogP contribution >= 0.6 is 0 Å². The maximum Gasteiger partial charge on any atom is 0.315 e. The molecule has 0 radical (unpaired) electrons. The second-order valence-electron chi connectivity index (χ2n) is 4.59. The molecule has 0 aliphatic carbocycles. The molecule has 0 unspecified atom stereocenters. The Morgan fingerprint density at radius 3 is 2.59 bits per heavy atom. The Morgan fingerprint density at radius 1 is 1.18 bits per heavy atom. The highest BCUT2D eigenvalue weighted by atomic mass is 16.5. The van der Waals surface area contributed by atoms with Crippen molar-refractivity contribution in [2.75, 3.05) is 20.3 Å². The maximum absolute atomic E-state index is 11.6. The zero-order chi connectivity index (χ0) is 16.4. The van der Waals surface area contributed by atoms with Crippen LogP contribution in [0.15, 0.2) is 18.2 Å². The first-order chi connectivity index (χ1) is 10.6. The number of carbonyl (C=O) groups is 2. The number of carbonyl (C=O) groups excluding carboxylic acids is 2. The summed E-state index contributed by atoms with van der Waals surface area (Å²) in [5.74, 6) is 0.390. The predicted molar refractivity (Wildman–Crippen MR) is 81.9 cm³/mol. The summed E-state index contributed by atoms with van der Waals surface area (Å²) in [4.78, 5) is 22.8. The molecule has 1 aromatic rings. The number of rotatable bonds is 9. The van der Waals surface area contributed by atoms with Crippen LogP contribution in [0.25, 0.3) is 0 Å². The van der Waals surface area contributed by atoms with Gasteiger partial charge < -0.3 is 19.5 Å². The minimum Gasteiger partial charge on any atom is -0.493 e. The van der Waals surface area contributed by atoms with E-state index in [9.17, 15) is 9.59 Å². The summed E-state index contributed by atoms with van der Waals surface area (Å²) in [5, 5.41) is 2.67. The fourth-order valence-corrected chi connectivity index (χ4v) is 1.76. The van der Waals surface area contributed by atoms with Crippen LogP contribution in [-0.2, 0) is 20.9 Å². The number of ether oxygens (including phenoxy) is 3. The zero-order valence-corrected chi connectivity index (χ0v) is 13.3. The van der Waals surface area contributed by atoms with Gasteiger partial charge in [-0.3, -0.25) is 9.59 Å². The Balaban J connectivity index is 2.55. The highest BCUT2D eigenvalue weighted by Crippen LogP contribution is 2.28. The topological polar surface area (TPSA) is 73.9 Å². The molecule has 1 rings (SSSR count). The number of esters is 1. The number of methoxy groups -OCH3 is 1. The van der Waals surface area contributed by atoms with Gasteiger partial charge in [0.05, 0.1) is 20.3 Å². The summed E-state index contributed by atoms with van der Waals surface area (Å²) in [6.07, 6.45) is 0.636. The standard InChI is InChI=1S/C16H23NO5/c1-4-8-22-13-7-6-12(9-14(13)20-3)11-17-15(18)10-16(19)21-5-2/h6-7,9H,4-5,8,10-11H2,1-3H3,(H,17,18). The van der Waals surface area contributed by atoms with E-state index in [4.69, 9.17) is 14.2 Å². The Kier molecular flexibility index (Phi) is 7.81. The second kappa shape index (κ2) is 9.65. The Hall–Kier alpha value is -2.24. The summed E-state index contributed by atoms with van der Waals surface area (Å²) in [6.45, 7) is 4.92. The molecule has 6 nitrogen and oxygen atoms in total. The van der Waals surface area contributed by atoms with E-state index in [1.165, 1.54) is 0 Å². The average molecular weight is 309 g/mol. The summed E-state index contributed by atoms with van der Waals surface area (Å²) < 4.78 is 15.6. The molecule has 0 atom stereocenters. The maximum atomic E-state index is 11.6. The van der Waals surface area contributed by atoms with E-state index in [1.54, 1.807) is 26.2 Å². The summed E-state index contributed by atoms with van der Waals surface area (Å²) >= 11 is 0. The molecule has 1 amide bonds. The Labute approximate surface area is 130 Å². The van der Waals surface area contributed by atoms with E-state index in [1.807, 2.05) is 13.0 Å². The quantitative estimate of drug-likeness (QED) is 0.558. The molecule has 1 N–H and O–H groups in total. The molecule has 0 aliphatic rings. The van der Waals surface area contributed by atoms with Gasteiger partial charge in [0, 0.05) is 6.54 Å². The molecule has 0 heterocycles. The molecule has 6 heteroatoms. The molecule has 122 valence electrons. The third kappa shape index (κ3) is 6.03. The van der Waals surface area contributed by atoms with E-state index >= 15 is 0 Å². The van der Waals surface area contributed by atoms with E-state index in [2.05, 4.69) is 5.32 Å². The fraction of sp³-hybridized carbons (Fsp3) is 0.500. The van der Waals surface area contributed by atoms with Crippen LogP contribution < -0.4 is 14.8 Å². The monoisotopic (exact) mass is 309 g/mol. The number of benzene rings is 1. The van der Waals surface area contributed by atoms with Gasteiger partial charge in [-0.2, -0.15) is 0 Å². The van der Waals surface area contributed by atoms with Gasteiger partial charge in [-0.05, 0) is 31.0 Å². The molecule has 0 aliphatic heterocycles. The largest absolute Gasteiger partial charge is 0.493 e. The molecular formula is C16H23NO5. The molecule has 22 heavy (non-hydrogen) atoms. The van der Waals surface area contributed by atoms with Crippen molar-refractivity contribution in [3.05, 3.63) is 23.8 Å². The van der Waals surface area contributed by atoms with Crippen LogP contribution in [0.1, 0.15) is 32.3 Å². The average Bonchev–Trinajstić information content (AvgIpc) is 2.51. The van der Waals surface area contributed by atoms with Crippen molar-refractivity contribution < 1.29 is 23.8 Å². The molecule has 0 bridgehead atoms. The summed E-state index contributed by atoms with van der Waals surface area (Å²) in [5.41, 5.74) is 0.859. The highest BCUT2D eigenvalue weighted by Gasteiger charge is 2.11. The van der Waals surface area contributed by atoms with Gasteiger partial charge >= 0.3 is 5.97 Å². The van der Waals surface area contributed by atoms with Crippen LogP contribution in [0, 0.1) is 0 Å². The van der Waals surface area contributed by atoms with Crippen LogP contribution in [0.3, 0.4) is 0 Å². The van der Waals surface area contributed by atoms with Gasteiger partial charge in [-0.1, -0.05) is 13.0 Å². The summed E-state index contributed by atoms with van der Waals surface area (Å²) in [6, 6.07) is 5.45. The third-order valence-corrected chi connectivity index (χ3v) is 2.79. The first kappa shape index (κ1) is 17.8. The molecular weight excluding hydrogens is 286 g/mol. The van der Waals surface area contributed by atoms with Crippen molar-refractivity contribution >= 4 is 11.9 Å². The molecule has 0 saturated heterocycles. The second-order valence-corrected chi connectivity index (χ2v) is 4.59. The number of amides is 1. The van der Waals surface area contributed by atoms with Crippen molar-refractivity contribution in [1.82, 2.24) is 5.32 Å². The molecule has 0 fully saturated rings. The normalized spacial score (nSPS) is 9.95. The Morgan fingerprint density at radius 2 is 1.95 bits per heavy atom. The summed E-state index contributed by atoms with van der Waals surface area (Å²) in [7, 11) is 1.57. The highest BCUT2D eigenvalue weighted by molar-refractivity contribution is 5.94. The van der Waals surface area contributed by atoms with Gasteiger partial charge in [0.1, 0.15) is 6.42 Å². The van der Waals surface area contributed by atoms with E-state index < -0.39 is 5.97 Å². The van der Waals surface area contributed by atoms with Crippen molar-refractivity contribution in [2.45, 2.75) is 33.2 Å². The van der Waals surface area contributed by atoms with E-state index in [-0.39, 0.29) is 18.9 Å². The minimum absolute atomic E-state index is 0.266. The smallest absolute Gasteiger partial charge is 0.315 e. The lowest BCUT2D eigenvalue weighted by Gasteiger charge is -2.12. The van der Waals surface area contributed by atoms with Gasteiger partial charge in [-0.25, -0.2) is 0 Å². The van der Waals surface area contributed by atoms with E-state index in [0.29, 0.717) is 24.7 Å². The van der Waals surface area contributed by atoms with Crippen molar-refractivity contribution in [3.63, 3.8) is 0 Å². The number of hydrogen-bond acceptors (Lipinski definition) is 5. The van der Waals surface area contributed by atoms with Crippen LogP contribution in [0.5, 0.6) is 11.5 Å².